The van der Waals surface area contributed by atoms with Gasteiger partial charge in [-0.1, -0.05) is 42.5 Å². The molecule has 0 aliphatic heterocycles. The molecule has 0 fully saturated rings. The van der Waals surface area contributed by atoms with Gasteiger partial charge in [-0.05, 0) is 24.3 Å². The Labute approximate surface area is 131 Å². The summed E-state index contributed by atoms with van der Waals surface area (Å²) >= 11 is 1.83. The number of rotatable bonds is 1. The molecule has 2 heterocycles. The highest BCUT2D eigenvalue weighted by Crippen LogP contribution is 2.39. The number of H-pyrrole nitrogens is 1. The largest absolute Gasteiger partial charge is 0.338 e. The lowest BCUT2D eigenvalue weighted by Gasteiger charge is -1.98. The van der Waals surface area contributed by atoms with Gasteiger partial charge >= 0.3 is 0 Å². The Bertz CT molecular complexity index is 1100. The Morgan fingerprint density at radius 3 is 2.55 bits per heavy atom. The van der Waals surface area contributed by atoms with Gasteiger partial charge in [0.15, 0.2) is 0 Å². The molecule has 0 atom stereocenters. The Morgan fingerprint density at radius 1 is 0.773 bits per heavy atom. The first-order chi connectivity index (χ1) is 10.9. The van der Waals surface area contributed by atoms with Crippen molar-refractivity contribution in [3.63, 3.8) is 0 Å². The molecule has 0 aliphatic rings. The molecule has 0 unspecified atom stereocenters. The number of benzene rings is 3. The predicted octanol–water partition coefficient (Wildman–Crippen LogP) is 5.60. The molecule has 5 aromatic rings. The monoisotopic (exact) mass is 300 g/mol. The van der Waals surface area contributed by atoms with Crippen molar-refractivity contribution in [2.75, 3.05) is 0 Å². The van der Waals surface area contributed by atoms with Gasteiger partial charge in [0.05, 0.1) is 11.0 Å². The fraction of sp³-hybridized carbons (Fsp3) is 0. The zero-order valence-corrected chi connectivity index (χ0v) is 12.5. The molecule has 22 heavy (non-hydrogen) atoms. The second-order valence-electron chi connectivity index (χ2n) is 5.38. The normalized spacial score (nSPS) is 11.6. The molecular weight excluding hydrogens is 288 g/mol. The molecule has 3 heteroatoms. The number of fused-ring (bicyclic) bond motifs is 4. The van der Waals surface area contributed by atoms with Crippen molar-refractivity contribution < 1.29 is 0 Å². The van der Waals surface area contributed by atoms with Gasteiger partial charge in [0, 0.05) is 25.7 Å². The minimum atomic E-state index is 0.943. The summed E-state index contributed by atoms with van der Waals surface area (Å²) in [6.07, 6.45) is 0. The van der Waals surface area contributed by atoms with Crippen LogP contribution in [0.25, 0.3) is 42.6 Å². The molecular formula is C19H12N2S. The van der Waals surface area contributed by atoms with Gasteiger partial charge in [-0.25, -0.2) is 4.98 Å². The number of hydrogen-bond donors (Lipinski definition) is 1. The molecule has 0 aliphatic carbocycles. The van der Waals surface area contributed by atoms with E-state index in [2.05, 4.69) is 53.5 Å². The van der Waals surface area contributed by atoms with E-state index in [4.69, 9.17) is 4.98 Å². The number of para-hydroxylation sites is 2. The summed E-state index contributed by atoms with van der Waals surface area (Å²) in [5, 5.41) is 2.62. The van der Waals surface area contributed by atoms with E-state index in [9.17, 15) is 0 Å². The number of imidazole rings is 1. The average Bonchev–Trinajstić information content (AvgIpc) is 3.15. The smallest absolute Gasteiger partial charge is 0.139 e. The molecule has 0 spiro atoms. The highest BCUT2D eigenvalue weighted by molar-refractivity contribution is 7.26. The molecule has 104 valence electrons. The zero-order chi connectivity index (χ0) is 14.5. The van der Waals surface area contributed by atoms with Crippen LogP contribution in [0.5, 0.6) is 0 Å². The third kappa shape index (κ3) is 1.63. The van der Waals surface area contributed by atoms with E-state index in [0.29, 0.717) is 0 Å². The standard InChI is InChI=1S/C19H12N2S/c1-4-11-17-12(6-1)13-7-5-8-14(18(13)22-17)19-20-15-9-2-3-10-16(15)21-19/h1-11H,(H,20,21). The van der Waals surface area contributed by atoms with Crippen LogP contribution in [0.4, 0.5) is 0 Å². The Morgan fingerprint density at radius 2 is 1.59 bits per heavy atom. The van der Waals surface area contributed by atoms with Gasteiger partial charge < -0.3 is 4.98 Å². The van der Waals surface area contributed by atoms with Gasteiger partial charge in [0.2, 0.25) is 0 Å². The fourth-order valence-corrected chi connectivity index (χ4v) is 4.23. The average molecular weight is 300 g/mol. The summed E-state index contributed by atoms with van der Waals surface area (Å²) in [7, 11) is 0. The molecule has 0 radical (unpaired) electrons. The molecule has 1 N–H and O–H groups in total. The molecule has 2 aromatic heterocycles. The van der Waals surface area contributed by atoms with Crippen molar-refractivity contribution in [2.45, 2.75) is 0 Å². The van der Waals surface area contributed by atoms with Crippen LogP contribution in [0.1, 0.15) is 0 Å². The second kappa shape index (κ2) is 4.42. The first-order valence-corrected chi connectivity index (χ1v) is 8.07. The van der Waals surface area contributed by atoms with Crippen molar-refractivity contribution >= 4 is 42.5 Å². The van der Waals surface area contributed by atoms with Gasteiger partial charge in [-0.2, -0.15) is 0 Å². The number of hydrogen-bond acceptors (Lipinski definition) is 2. The molecule has 0 amide bonds. The van der Waals surface area contributed by atoms with Crippen molar-refractivity contribution in [3.05, 3.63) is 66.7 Å². The number of nitrogens with one attached hydrogen (secondary N) is 1. The van der Waals surface area contributed by atoms with Gasteiger partial charge in [-0.3, -0.25) is 0 Å². The van der Waals surface area contributed by atoms with Crippen LogP contribution >= 0.6 is 11.3 Å². The van der Waals surface area contributed by atoms with Crippen LogP contribution in [-0.2, 0) is 0 Å². The molecule has 0 bridgehead atoms. The van der Waals surface area contributed by atoms with E-state index in [1.165, 1.54) is 25.7 Å². The van der Waals surface area contributed by atoms with Crippen molar-refractivity contribution in [3.8, 4) is 11.4 Å². The lowest BCUT2D eigenvalue weighted by molar-refractivity contribution is 1.35. The Hall–Kier alpha value is -2.65. The topological polar surface area (TPSA) is 28.7 Å². The fourth-order valence-electron chi connectivity index (χ4n) is 3.01. The van der Waals surface area contributed by atoms with E-state index in [-0.39, 0.29) is 0 Å². The van der Waals surface area contributed by atoms with E-state index in [1.807, 2.05) is 29.5 Å². The van der Waals surface area contributed by atoms with Crippen LogP contribution < -0.4 is 0 Å². The molecule has 0 saturated heterocycles. The van der Waals surface area contributed by atoms with Crippen molar-refractivity contribution in [1.29, 1.82) is 0 Å². The SMILES string of the molecule is c1ccc2[nH]c(-c3cccc4c3sc3ccccc34)nc2c1. The zero-order valence-electron chi connectivity index (χ0n) is 11.7. The maximum Gasteiger partial charge on any atom is 0.139 e. The van der Waals surface area contributed by atoms with E-state index in [1.54, 1.807) is 0 Å². The number of thiophene rings is 1. The minimum Gasteiger partial charge on any atom is -0.338 e. The van der Waals surface area contributed by atoms with Crippen LogP contribution in [0.3, 0.4) is 0 Å². The van der Waals surface area contributed by atoms with Crippen molar-refractivity contribution in [2.24, 2.45) is 0 Å². The van der Waals surface area contributed by atoms with E-state index >= 15 is 0 Å². The molecule has 0 saturated carbocycles. The van der Waals surface area contributed by atoms with Crippen LogP contribution in [0, 0.1) is 0 Å². The highest BCUT2D eigenvalue weighted by atomic mass is 32.1. The third-order valence-electron chi connectivity index (χ3n) is 4.05. The Kier molecular flexibility index (Phi) is 2.40. The van der Waals surface area contributed by atoms with Gasteiger partial charge in [0.25, 0.3) is 0 Å². The lowest BCUT2D eigenvalue weighted by Crippen LogP contribution is -1.80. The first kappa shape index (κ1) is 12.0. The quantitative estimate of drug-likeness (QED) is 0.429. The molecule has 3 aromatic carbocycles. The summed E-state index contributed by atoms with van der Waals surface area (Å²) in [6, 6.07) is 23.2. The predicted molar refractivity (Wildman–Crippen MR) is 94.4 cm³/mol. The van der Waals surface area contributed by atoms with Gasteiger partial charge in [0.1, 0.15) is 5.82 Å². The molecule has 2 nitrogen and oxygen atoms in total. The van der Waals surface area contributed by atoms with E-state index < -0.39 is 0 Å². The minimum absolute atomic E-state index is 0.943. The van der Waals surface area contributed by atoms with Crippen LogP contribution in [0.2, 0.25) is 0 Å². The van der Waals surface area contributed by atoms with Crippen LogP contribution in [-0.4, -0.2) is 9.97 Å². The summed E-state index contributed by atoms with van der Waals surface area (Å²) < 4.78 is 2.61. The van der Waals surface area contributed by atoms with Crippen LogP contribution in [0.15, 0.2) is 66.7 Å². The number of nitrogens with zero attached hydrogens (tertiary/aromatic N) is 1. The Balaban J connectivity index is 1.87. The summed E-state index contributed by atoms with van der Waals surface area (Å²) in [5.41, 5.74) is 3.26. The number of aromatic amines is 1. The van der Waals surface area contributed by atoms with E-state index in [0.717, 1.165) is 16.9 Å². The van der Waals surface area contributed by atoms with Gasteiger partial charge in [-0.15, -0.1) is 11.3 Å². The second-order valence-corrected chi connectivity index (χ2v) is 6.44. The summed E-state index contributed by atoms with van der Waals surface area (Å²) in [4.78, 5) is 8.20. The third-order valence-corrected chi connectivity index (χ3v) is 5.27. The lowest BCUT2D eigenvalue weighted by atomic mass is 10.1. The maximum atomic E-state index is 4.75. The molecule has 5 rings (SSSR count). The van der Waals surface area contributed by atoms with Crippen molar-refractivity contribution in [1.82, 2.24) is 9.97 Å². The maximum absolute atomic E-state index is 4.75. The highest BCUT2D eigenvalue weighted by Gasteiger charge is 2.12. The first-order valence-electron chi connectivity index (χ1n) is 7.25. The number of aromatic nitrogens is 2. The summed E-state index contributed by atoms with van der Waals surface area (Å²) in [5.74, 6) is 0.943. The summed E-state index contributed by atoms with van der Waals surface area (Å²) in [6.45, 7) is 0.